The van der Waals surface area contributed by atoms with E-state index >= 15 is 0 Å². The number of carbonyl (C=O) groups excluding carboxylic acids is 4. The summed E-state index contributed by atoms with van der Waals surface area (Å²) in [6, 6.07) is 60.1. The predicted molar refractivity (Wildman–Crippen MR) is 310 cm³/mol. The molecular weight excluding hydrogens is 1020 g/mol. The van der Waals surface area contributed by atoms with Gasteiger partial charge in [-0.25, -0.2) is 0 Å². The summed E-state index contributed by atoms with van der Waals surface area (Å²) in [4.78, 5) is 58.2. The quantitative estimate of drug-likeness (QED) is 0.0368. The van der Waals surface area contributed by atoms with Gasteiger partial charge in [-0.1, -0.05) is 115 Å². The molecule has 0 unspecified atom stereocenters. The molecule has 2 aromatic heterocycles. The van der Waals surface area contributed by atoms with E-state index in [2.05, 4.69) is 31.2 Å². The van der Waals surface area contributed by atoms with E-state index in [1.165, 1.54) is 0 Å². The molecule has 0 saturated heterocycles. The summed E-state index contributed by atoms with van der Waals surface area (Å²) in [6.07, 6.45) is 2.52. The summed E-state index contributed by atoms with van der Waals surface area (Å²) < 4.78 is 12.1. The van der Waals surface area contributed by atoms with E-state index in [0.29, 0.717) is 96.0 Å². The Balaban J connectivity index is 0.000000192. The fourth-order valence-electron chi connectivity index (χ4n) is 8.61. The van der Waals surface area contributed by atoms with E-state index in [4.69, 9.17) is 21.1 Å². The first-order chi connectivity index (χ1) is 38.5. The van der Waals surface area contributed by atoms with Gasteiger partial charge in [0.25, 0.3) is 23.6 Å². The van der Waals surface area contributed by atoms with Crippen molar-refractivity contribution < 1.29 is 38.9 Å². The Hall–Kier alpha value is -9.79. The molecule has 0 aliphatic carbocycles. The molecule has 14 nitrogen and oxygen atoms in total. The summed E-state index contributed by atoms with van der Waals surface area (Å²) in [6.45, 7) is 1.56. The molecule has 2 heterocycles. The number of anilines is 2. The SMILES string of the molecule is O=C(NCCc1cccc(Cl)c1)c1ccc(NC(=O)c2cc3ccccc3[nH]2)c(OCCc2ccc(O)cc2)c1.O=C(NCCc1ccccc1)c1ccc(NC(=O)c2cc3ccccc3[nH]2)c(OCCc2ccc(O)cc2)c1. The van der Waals surface area contributed by atoms with Crippen LogP contribution in [0.25, 0.3) is 21.8 Å². The van der Waals surface area contributed by atoms with Crippen LogP contribution in [0.15, 0.2) is 200 Å². The number of phenolic OH excluding ortho intramolecular Hbond substituents is 2. The van der Waals surface area contributed by atoms with Crippen molar-refractivity contribution in [3.8, 4) is 23.0 Å². The number of benzene rings is 8. The monoisotopic (exact) mass is 1070 g/mol. The number of para-hydroxylation sites is 2. The minimum Gasteiger partial charge on any atom is -0.508 e. The average Bonchev–Trinajstić information content (AvgIpc) is 4.15. The second kappa shape index (κ2) is 26.3. The van der Waals surface area contributed by atoms with Crippen molar-refractivity contribution in [2.75, 3.05) is 36.9 Å². The zero-order valence-corrected chi connectivity index (χ0v) is 43.7. The summed E-state index contributed by atoms with van der Waals surface area (Å²) in [7, 11) is 0. The van der Waals surface area contributed by atoms with Crippen LogP contribution >= 0.6 is 11.6 Å². The van der Waals surface area contributed by atoms with Gasteiger partial charge in [0.15, 0.2) is 0 Å². The molecule has 0 aliphatic heterocycles. The van der Waals surface area contributed by atoms with Crippen LogP contribution < -0.4 is 30.7 Å². The van der Waals surface area contributed by atoms with Crippen molar-refractivity contribution in [2.45, 2.75) is 25.7 Å². The van der Waals surface area contributed by atoms with Gasteiger partial charge in [0.05, 0.1) is 24.6 Å². The number of phenols is 2. The highest BCUT2D eigenvalue weighted by molar-refractivity contribution is 6.30. The smallest absolute Gasteiger partial charge is 0.272 e. The maximum Gasteiger partial charge on any atom is 0.272 e. The lowest BCUT2D eigenvalue weighted by Gasteiger charge is -2.14. The number of amides is 4. The first-order valence-electron chi connectivity index (χ1n) is 25.7. The molecule has 0 saturated carbocycles. The van der Waals surface area contributed by atoms with Crippen molar-refractivity contribution in [1.29, 1.82) is 0 Å². The van der Waals surface area contributed by atoms with Gasteiger partial charge in [-0.15, -0.1) is 0 Å². The van der Waals surface area contributed by atoms with Crippen molar-refractivity contribution in [2.24, 2.45) is 0 Å². The zero-order valence-electron chi connectivity index (χ0n) is 42.9. The van der Waals surface area contributed by atoms with Gasteiger partial charge < -0.3 is 50.9 Å². The second-order valence-corrected chi connectivity index (χ2v) is 19.0. The minimum atomic E-state index is -0.321. The van der Waals surface area contributed by atoms with E-state index in [1.807, 2.05) is 127 Å². The number of aromatic amines is 2. The summed E-state index contributed by atoms with van der Waals surface area (Å²) in [5.74, 6) is 0.0719. The number of rotatable bonds is 20. The molecule has 4 amide bonds. The number of hydrogen-bond acceptors (Lipinski definition) is 8. The number of fused-ring (bicyclic) bond motifs is 2. The van der Waals surface area contributed by atoms with Crippen LogP contribution in [0.5, 0.6) is 23.0 Å². The van der Waals surface area contributed by atoms with Crippen LogP contribution in [0.1, 0.15) is 63.9 Å². The van der Waals surface area contributed by atoms with Gasteiger partial charge in [-0.05, 0) is 132 Å². The van der Waals surface area contributed by atoms with Crippen molar-refractivity contribution in [3.05, 3.63) is 250 Å². The van der Waals surface area contributed by atoms with Gasteiger partial charge in [0.2, 0.25) is 0 Å². The van der Waals surface area contributed by atoms with E-state index in [9.17, 15) is 29.4 Å². The molecule has 0 spiro atoms. The molecule has 0 aliphatic rings. The molecular formula is C64H57ClN6O8. The third kappa shape index (κ3) is 15.2. The molecule has 0 bridgehead atoms. The Labute approximate surface area is 461 Å². The minimum absolute atomic E-state index is 0.195. The van der Waals surface area contributed by atoms with E-state index in [-0.39, 0.29) is 35.1 Å². The number of aromatic nitrogens is 2. The number of nitrogens with one attached hydrogen (secondary N) is 6. The molecule has 8 aromatic carbocycles. The van der Waals surface area contributed by atoms with E-state index < -0.39 is 0 Å². The lowest BCUT2D eigenvalue weighted by Crippen LogP contribution is -2.25. The Bertz CT molecular complexity index is 3640. The predicted octanol–water partition coefficient (Wildman–Crippen LogP) is 12.1. The van der Waals surface area contributed by atoms with Crippen molar-refractivity contribution in [1.82, 2.24) is 20.6 Å². The Kier molecular flexibility index (Phi) is 18.0. The van der Waals surface area contributed by atoms with Gasteiger partial charge in [-0.2, -0.15) is 0 Å². The zero-order chi connectivity index (χ0) is 54.9. The van der Waals surface area contributed by atoms with Gasteiger partial charge >= 0.3 is 0 Å². The third-order valence-corrected chi connectivity index (χ3v) is 13.1. The fourth-order valence-corrected chi connectivity index (χ4v) is 8.82. The summed E-state index contributed by atoms with van der Waals surface area (Å²) >= 11 is 6.05. The summed E-state index contributed by atoms with van der Waals surface area (Å²) in [5, 5.41) is 33.3. The number of ether oxygens (including phenoxy) is 2. The normalized spacial score (nSPS) is 10.8. The third-order valence-electron chi connectivity index (χ3n) is 12.8. The van der Waals surface area contributed by atoms with E-state index in [1.54, 1.807) is 72.8 Å². The van der Waals surface area contributed by atoms with Crippen LogP contribution in [0.3, 0.4) is 0 Å². The molecule has 398 valence electrons. The highest BCUT2D eigenvalue weighted by atomic mass is 35.5. The molecule has 0 radical (unpaired) electrons. The lowest BCUT2D eigenvalue weighted by atomic mass is 10.1. The molecule has 10 aromatic rings. The second-order valence-electron chi connectivity index (χ2n) is 18.5. The van der Waals surface area contributed by atoms with Crippen molar-refractivity contribution >= 4 is 68.4 Å². The lowest BCUT2D eigenvalue weighted by molar-refractivity contribution is 0.0945. The Morgan fingerprint density at radius 2 is 0.848 bits per heavy atom. The number of H-pyrrole nitrogens is 2. The van der Waals surface area contributed by atoms with Gasteiger partial charge in [0, 0.05) is 63.9 Å². The topological polar surface area (TPSA) is 207 Å². The highest BCUT2D eigenvalue weighted by Crippen LogP contribution is 2.30. The Morgan fingerprint density at radius 3 is 1.32 bits per heavy atom. The van der Waals surface area contributed by atoms with Gasteiger partial charge in [-0.3, -0.25) is 19.2 Å². The average molecular weight is 1070 g/mol. The van der Waals surface area contributed by atoms with Crippen LogP contribution in [0.2, 0.25) is 5.02 Å². The highest BCUT2D eigenvalue weighted by Gasteiger charge is 2.18. The number of hydrogen-bond donors (Lipinski definition) is 8. The molecule has 15 heteroatoms. The fraction of sp³-hybridized carbons (Fsp3) is 0.125. The molecule has 79 heavy (non-hydrogen) atoms. The standard InChI is InChI=1S/C32H28ClN3O4.C32H29N3O4/c33-25-6-3-4-22(18-25)14-16-34-31(38)24-10-13-28(30(20-24)40-17-15-21-8-11-26(37)12-9-21)36-32(39)29-19-23-5-1-2-7-27(23)35-29;36-26-13-10-23(11-14-26)17-19-39-30-21-25(31(37)33-18-16-22-6-2-1-3-7-22)12-15-28(30)35-32(38)29-20-24-8-4-5-9-27(24)34-29/h1-13,18-20,35,37H,14-17H2,(H,34,38)(H,36,39);1-15,20-21,34,36H,16-19H2,(H,33,37)(H,35,38). The molecule has 10 rings (SSSR count). The number of aromatic hydroxyl groups is 2. The molecule has 0 fully saturated rings. The largest absolute Gasteiger partial charge is 0.508 e. The van der Waals surface area contributed by atoms with Crippen LogP contribution in [-0.4, -0.2) is 70.1 Å². The summed E-state index contributed by atoms with van der Waals surface area (Å²) in [5.41, 5.74) is 8.48. The van der Waals surface area contributed by atoms with E-state index in [0.717, 1.165) is 50.5 Å². The van der Waals surface area contributed by atoms with Gasteiger partial charge in [0.1, 0.15) is 34.4 Å². The first-order valence-corrected chi connectivity index (χ1v) is 26.1. The van der Waals surface area contributed by atoms with Crippen LogP contribution in [0, 0.1) is 0 Å². The molecule has 8 N–H and O–H groups in total. The maximum absolute atomic E-state index is 13.1. The number of carbonyl (C=O) groups is 4. The molecule has 0 atom stereocenters. The number of halogens is 1. The maximum atomic E-state index is 13.1. The van der Waals surface area contributed by atoms with Crippen LogP contribution in [-0.2, 0) is 25.7 Å². The first kappa shape index (κ1) is 54.0. The van der Waals surface area contributed by atoms with Crippen molar-refractivity contribution in [3.63, 3.8) is 0 Å². The Morgan fingerprint density at radius 1 is 0.418 bits per heavy atom. The van der Waals surface area contributed by atoms with Crippen LogP contribution in [0.4, 0.5) is 11.4 Å².